The number of carbonyl (C=O) groups is 1. The lowest BCUT2D eigenvalue weighted by Gasteiger charge is -2.08. The first-order valence-electron chi connectivity index (χ1n) is 4.68. The Balaban J connectivity index is 2.62. The van der Waals surface area contributed by atoms with Gasteiger partial charge in [-0.25, -0.2) is 0 Å². The normalized spacial score (nSPS) is 12.1. The van der Waals surface area contributed by atoms with Crippen molar-refractivity contribution < 1.29 is 14.5 Å². The average Bonchev–Trinajstić information content (AvgIpc) is 2.66. The smallest absolute Gasteiger partial charge is 0.324 e. The quantitative estimate of drug-likeness (QED) is 0.482. The van der Waals surface area contributed by atoms with E-state index in [-0.39, 0.29) is 11.4 Å². The Morgan fingerprint density at radius 1 is 1.75 bits per heavy atom. The molecule has 7 heteroatoms. The van der Waals surface area contributed by atoms with Gasteiger partial charge < -0.3 is 10.5 Å². The molecule has 1 aromatic rings. The van der Waals surface area contributed by atoms with Gasteiger partial charge in [-0.15, -0.1) is 0 Å². The largest absolute Gasteiger partial charge is 0.466 e. The number of nitro groups is 1. The zero-order valence-corrected chi connectivity index (χ0v) is 9.53. The van der Waals surface area contributed by atoms with Crippen LogP contribution in [0.15, 0.2) is 11.4 Å². The predicted octanol–water partition coefficient (Wildman–Crippen LogP) is 1.61. The molecule has 0 amide bonds. The summed E-state index contributed by atoms with van der Waals surface area (Å²) in [6.45, 7) is 2.01. The second kappa shape index (κ2) is 5.57. The molecule has 0 aliphatic carbocycles. The van der Waals surface area contributed by atoms with Crippen LogP contribution < -0.4 is 5.73 Å². The average molecular weight is 244 g/mol. The van der Waals surface area contributed by atoms with Crippen LogP contribution >= 0.6 is 11.3 Å². The van der Waals surface area contributed by atoms with Crippen LogP contribution in [0.5, 0.6) is 0 Å². The maximum atomic E-state index is 11.1. The maximum Gasteiger partial charge on any atom is 0.324 e. The highest BCUT2D eigenvalue weighted by atomic mass is 32.1. The van der Waals surface area contributed by atoms with Gasteiger partial charge in [-0.1, -0.05) is 11.3 Å². The van der Waals surface area contributed by atoms with Crippen LogP contribution in [0.25, 0.3) is 0 Å². The summed E-state index contributed by atoms with van der Waals surface area (Å²) >= 11 is 0.995. The molecule has 0 radical (unpaired) electrons. The number of nitrogens with zero attached hydrogens (tertiary/aromatic N) is 1. The third-order valence-electron chi connectivity index (χ3n) is 1.91. The number of thiophene rings is 1. The monoisotopic (exact) mass is 244 g/mol. The van der Waals surface area contributed by atoms with E-state index in [4.69, 9.17) is 10.5 Å². The van der Waals surface area contributed by atoms with Crippen molar-refractivity contribution in [1.82, 2.24) is 0 Å². The molecule has 1 atom stereocenters. The highest BCUT2D eigenvalue weighted by Crippen LogP contribution is 2.27. The standard InChI is InChI=1S/C9H12N2O4S/c1-2-15-9(12)4-7(10)6-3-8(11(13)14)16-5-6/h3,5,7H,2,4,10H2,1H3/t7-/m1/s1. The number of carbonyl (C=O) groups excluding carboxylic acids is 1. The topological polar surface area (TPSA) is 95.5 Å². The Bertz CT molecular complexity index is 391. The van der Waals surface area contributed by atoms with Crippen molar-refractivity contribution in [2.75, 3.05) is 6.61 Å². The molecular formula is C9H12N2O4S. The van der Waals surface area contributed by atoms with Crippen molar-refractivity contribution in [3.63, 3.8) is 0 Å². The fraction of sp³-hybridized carbons (Fsp3) is 0.444. The van der Waals surface area contributed by atoms with E-state index in [1.165, 1.54) is 6.07 Å². The van der Waals surface area contributed by atoms with Crippen LogP contribution in [0.3, 0.4) is 0 Å². The zero-order valence-electron chi connectivity index (χ0n) is 8.71. The summed E-state index contributed by atoms with van der Waals surface area (Å²) in [5.41, 5.74) is 6.31. The number of nitrogens with two attached hydrogens (primary N) is 1. The summed E-state index contributed by atoms with van der Waals surface area (Å²) in [5, 5.41) is 12.1. The Hall–Kier alpha value is -1.47. The van der Waals surface area contributed by atoms with Crippen molar-refractivity contribution in [3.8, 4) is 0 Å². The molecule has 1 rings (SSSR count). The van der Waals surface area contributed by atoms with Gasteiger partial charge in [-0.2, -0.15) is 0 Å². The molecule has 0 unspecified atom stereocenters. The minimum Gasteiger partial charge on any atom is -0.466 e. The Labute approximate surface area is 96.2 Å². The van der Waals surface area contributed by atoms with Crippen LogP contribution in [-0.4, -0.2) is 17.5 Å². The first kappa shape index (κ1) is 12.6. The first-order valence-corrected chi connectivity index (χ1v) is 5.56. The lowest BCUT2D eigenvalue weighted by atomic mass is 10.1. The minimum atomic E-state index is -0.552. The van der Waals surface area contributed by atoms with E-state index in [2.05, 4.69) is 0 Å². The Kier molecular flexibility index (Phi) is 4.39. The fourth-order valence-electron chi connectivity index (χ4n) is 1.15. The Morgan fingerprint density at radius 3 is 2.94 bits per heavy atom. The van der Waals surface area contributed by atoms with Gasteiger partial charge >= 0.3 is 11.0 Å². The highest BCUT2D eigenvalue weighted by molar-refractivity contribution is 7.13. The molecule has 0 spiro atoms. The zero-order chi connectivity index (χ0) is 12.1. The molecule has 1 heterocycles. The summed E-state index contributed by atoms with van der Waals surface area (Å²) in [4.78, 5) is 21.1. The van der Waals surface area contributed by atoms with Gasteiger partial charge in [0.1, 0.15) is 0 Å². The lowest BCUT2D eigenvalue weighted by Crippen LogP contribution is -2.16. The number of ether oxygens (including phenoxy) is 1. The molecule has 0 saturated carbocycles. The number of esters is 1. The fourth-order valence-corrected chi connectivity index (χ4v) is 1.94. The third kappa shape index (κ3) is 3.28. The molecular weight excluding hydrogens is 232 g/mol. The third-order valence-corrected chi connectivity index (χ3v) is 2.80. The molecule has 0 fully saturated rings. The molecule has 0 aliphatic rings. The molecule has 2 N–H and O–H groups in total. The SMILES string of the molecule is CCOC(=O)C[C@@H](N)c1csc([N+](=O)[O-])c1. The summed E-state index contributed by atoms with van der Waals surface area (Å²) in [6, 6.07) is 0.832. The van der Waals surface area contributed by atoms with Crippen LogP contribution in [0, 0.1) is 10.1 Å². The van der Waals surface area contributed by atoms with E-state index in [9.17, 15) is 14.9 Å². The number of hydrogen-bond acceptors (Lipinski definition) is 6. The van der Waals surface area contributed by atoms with E-state index < -0.39 is 16.9 Å². The van der Waals surface area contributed by atoms with Crippen molar-refractivity contribution in [3.05, 3.63) is 27.1 Å². The molecule has 0 saturated heterocycles. The van der Waals surface area contributed by atoms with Crippen molar-refractivity contribution in [2.24, 2.45) is 5.73 Å². The van der Waals surface area contributed by atoms with Gasteiger partial charge in [0.05, 0.1) is 18.0 Å². The van der Waals surface area contributed by atoms with E-state index in [1.807, 2.05) is 0 Å². The van der Waals surface area contributed by atoms with Gasteiger partial charge in [0.15, 0.2) is 0 Å². The van der Waals surface area contributed by atoms with E-state index in [0.29, 0.717) is 12.2 Å². The molecule has 1 aromatic heterocycles. The lowest BCUT2D eigenvalue weighted by molar-refractivity contribution is -0.380. The van der Waals surface area contributed by atoms with Crippen LogP contribution in [0.4, 0.5) is 5.00 Å². The van der Waals surface area contributed by atoms with Crippen LogP contribution in [0.2, 0.25) is 0 Å². The Morgan fingerprint density at radius 2 is 2.44 bits per heavy atom. The second-order valence-corrected chi connectivity index (χ2v) is 3.98. The first-order chi connectivity index (χ1) is 7.54. The van der Waals surface area contributed by atoms with Crippen LogP contribution in [-0.2, 0) is 9.53 Å². The van der Waals surface area contributed by atoms with E-state index >= 15 is 0 Å². The minimum absolute atomic E-state index is 0.0225. The summed E-state index contributed by atoms with van der Waals surface area (Å²) in [6.07, 6.45) is 0.0295. The van der Waals surface area contributed by atoms with E-state index in [1.54, 1.807) is 12.3 Å². The van der Waals surface area contributed by atoms with E-state index in [0.717, 1.165) is 11.3 Å². The van der Waals surface area contributed by atoms with Gasteiger partial charge in [-0.05, 0) is 12.5 Å². The number of hydrogen-bond donors (Lipinski definition) is 1. The summed E-state index contributed by atoms with van der Waals surface area (Å²) in [7, 11) is 0. The number of rotatable bonds is 5. The summed E-state index contributed by atoms with van der Waals surface area (Å²) in [5.74, 6) is -0.399. The van der Waals surface area contributed by atoms with Gasteiger partial charge in [0, 0.05) is 17.5 Å². The second-order valence-electron chi connectivity index (χ2n) is 3.09. The van der Waals surface area contributed by atoms with Gasteiger partial charge in [0.25, 0.3) is 0 Å². The maximum absolute atomic E-state index is 11.1. The summed E-state index contributed by atoms with van der Waals surface area (Å²) < 4.78 is 4.74. The molecule has 0 bridgehead atoms. The highest BCUT2D eigenvalue weighted by Gasteiger charge is 2.17. The molecule has 16 heavy (non-hydrogen) atoms. The van der Waals surface area contributed by atoms with Crippen LogP contribution in [0.1, 0.15) is 24.9 Å². The molecule has 6 nitrogen and oxygen atoms in total. The van der Waals surface area contributed by atoms with Crippen molar-refractivity contribution in [1.29, 1.82) is 0 Å². The van der Waals surface area contributed by atoms with Gasteiger partial charge in [0.2, 0.25) is 0 Å². The molecule has 88 valence electrons. The van der Waals surface area contributed by atoms with Gasteiger partial charge in [-0.3, -0.25) is 14.9 Å². The van der Waals surface area contributed by atoms with Crippen molar-refractivity contribution in [2.45, 2.75) is 19.4 Å². The van der Waals surface area contributed by atoms with Crippen molar-refractivity contribution >= 4 is 22.3 Å². The molecule has 0 aliphatic heterocycles. The molecule has 0 aromatic carbocycles. The predicted molar refractivity (Wildman–Crippen MR) is 59.2 cm³/mol.